The van der Waals surface area contributed by atoms with E-state index >= 15 is 0 Å². The van der Waals surface area contributed by atoms with E-state index in [9.17, 15) is 15.3 Å². The Morgan fingerprint density at radius 2 is 1.83 bits per heavy atom. The van der Waals surface area contributed by atoms with Gasteiger partial charge < -0.3 is 20.1 Å². The van der Waals surface area contributed by atoms with E-state index in [4.69, 9.17) is 4.74 Å². The van der Waals surface area contributed by atoms with Crippen LogP contribution in [0.15, 0.2) is 25.3 Å². The number of nitrogens with zero attached hydrogens (tertiary/aromatic N) is 7. The number of hydrogen-bond acceptors (Lipinski definition) is 9. The lowest BCUT2D eigenvalue weighted by Crippen LogP contribution is -2.33. The molecule has 1 saturated heterocycles. The van der Waals surface area contributed by atoms with Gasteiger partial charge in [0, 0.05) is 0 Å². The van der Waals surface area contributed by atoms with Crippen molar-refractivity contribution < 1.29 is 20.1 Å². The molecule has 0 unspecified atom stereocenters. The van der Waals surface area contributed by atoms with Crippen molar-refractivity contribution in [2.45, 2.75) is 24.5 Å². The lowest BCUT2D eigenvalue weighted by Gasteiger charge is -2.16. The number of aliphatic hydroxyl groups is 3. The van der Waals surface area contributed by atoms with E-state index in [-0.39, 0.29) is 0 Å². The van der Waals surface area contributed by atoms with Crippen LogP contribution in [-0.4, -0.2) is 74.5 Å². The van der Waals surface area contributed by atoms with Gasteiger partial charge in [-0.3, -0.25) is 9.13 Å². The van der Waals surface area contributed by atoms with Gasteiger partial charge in [-0.05, 0) is 0 Å². The summed E-state index contributed by atoms with van der Waals surface area (Å²) < 4.78 is 8.58. The molecule has 0 aliphatic carbocycles. The monoisotopic (exact) mass is 322 g/mol. The summed E-state index contributed by atoms with van der Waals surface area (Å²) in [6.45, 7) is -0.400. The van der Waals surface area contributed by atoms with Gasteiger partial charge in [0.1, 0.15) is 37.3 Å². The molecule has 120 valence electrons. The summed E-state index contributed by atoms with van der Waals surface area (Å²) in [6.07, 6.45) is 1.56. The molecule has 1 aliphatic rings. The molecule has 3 N–H and O–H groups in total. The molecule has 4 atom stereocenters. The number of rotatable bonds is 3. The largest absolute Gasteiger partial charge is 0.394 e. The van der Waals surface area contributed by atoms with Gasteiger partial charge in [-0.2, -0.15) is 0 Å². The standard InChI is InChI=1S/C12H13N7O4/c20-1-6-8(21)9(22)12(23-6)19-3-15-7-10(13-2-14-11(7)19)18-4-16-17-5-18/h2-6,8-9,12,20-22H,1H2/t6-,8-,9-,12-/m1/s1/i3+1,13+1,15+1. The molecule has 23 heavy (non-hydrogen) atoms. The zero-order chi connectivity index (χ0) is 16.0. The maximum Gasteiger partial charge on any atom is 0.170 e. The molecule has 4 heterocycles. The van der Waals surface area contributed by atoms with Crippen LogP contribution >= 0.6 is 0 Å². The van der Waals surface area contributed by atoms with Crippen molar-refractivity contribution in [3.63, 3.8) is 0 Å². The molecular formula is C12H13N7O4. The van der Waals surface area contributed by atoms with Gasteiger partial charge in [0.2, 0.25) is 0 Å². The second-order valence-corrected chi connectivity index (χ2v) is 5.12. The third kappa shape index (κ3) is 2.09. The lowest BCUT2D eigenvalue weighted by molar-refractivity contribution is -0.0511. The predicted molar refractivity (Wildman–Crippen MR) is 73.2 cm³/mol. The van der Waals surface area contributed by atoms with E-state index in [0.717, 1.165) is 0 Å². The quantitative estimate of drug-likeness (QED) is 0.499. The number of imidazole rings is 1. The minimum absolute atomic E-state index is 0.400. The van der Waals surface area contributed by atoms with Crippen LogP contribution in [0.1, 0.15) is 6.23 Å². The molecule has 0 spiro atoms. The molecule has 1 aliphatic heterocycles. The average molecular weight is 322 g/mol. The van der Waals surface area contributed by atoms with E-state index in [0.29, 0.717) is 17.0 Å². The Morgan fingerprint density at radius 1 is 1.04 bits per heavy atom. The van der Waals surface area contributed by atoms with Gasteiger partial charge in [-0.15, -0.1) is 10.2 Å². The van der Waals surface area contributed by atoms with Crippen molar-refractivity contribution in [3.05, 3.63) is 25.3 Å². The highest BCUT2D eigenvalue weighted by Crippen LogP contribution is 2.31. The summed E-state index contributed by atoms with van der Waals surface area (Å²) >= 11 is 0. The van der Waals surface area contributed by atoms with E-state index in [1.807, 2.05) is 0 Å². The van der Waals surface area contributed by atoms with Crippen LogP contribution < -0.4 is 0 Å². The maximum atomic E-state index is 10.1. The van der Waals surface area contributed by atoms with Gasteiger partial charge in [0.15, 0.2) is 23.2 Å². The highest BCUT2D eigenvalue weighted by Gasteiger charge is 2.44. The van der Waals surface area contributed by atoms with Gasteiger partial charge in [-0.25, -0.2) is 15.0 Å². The van der Waals surface area contributed by atoms with Gasteiger partial charge in [0.05, 0.1) is 12.9 Å². The van der Waals surface area contributed by atoms with Crippen LogP contribution in [0.25, 0.3) is 17.0 Å². The van der Waals surface area contributed by atoms with Crippen LogP contribution in [0.2, 0.25) is 0 Å². The van der Waals surface area contributed by atoms with Gasteiger partial charge >= 0.3 is 0 Å². The van der Waals surface area contributed by atoms with Crippen LogP contribution in [0.4, 0.5) is 0 Å². The summed E-state index contributed by atoms with van der Waals surface area (Å²) in [5, 5.41) is 36.7. The molecule has 0 amide bonds. The van der Waals surface area contributed by atoms with Crippen molar-refractivity contribution in [3.8, 4) is 5.82 Å². The topological polar surface area (TPSA) is 144 Å². The highest BCUT2D eigenvalue weighted by molar-refractivity contribution is 5.78. The van der Waals surface area contributed by atoms with Crippen molar-refractivity contribution in [2.75, 3.05) is 6.61 Å². The minimum Gasteiger partial charge on any atom is -0.394 e. The summed E-state index contributed by atoms with van der Waals surface area (Å²) in [5.41, 5.74) is 0.878. The number of fused-ring (bicyclic) bond motifs is 1. The molecule has 11 nitrogen and oxygen atoms in total. The van der Waals surface area contributed by atoms with Gasteiger partial charge in [0.25, 0.3) is 0 Å². The fourth-order valence-corrected chi connectivity index (χ4v) is 2.63. The third-order valence-corrected chi connectivity index (χ3v) is 3.79. The highest BCUT2D eigenvalue weighted by atomic mass is 16.6. The minimum atomic E-state index is -1.21. The molecule has 4 rings (SSSR count). The first kappa shape index (κ1) is 14.1. The first-order valence-corrected chi connectivity index (χ1v) is 6.85. The number of aromatic nitrogens is 7. The maximum absolute atomic E-state index is 10.1. The smallest absolute Gasteiger partial charge is 0.170 e. The molecule has 1 fully saturated rings. The SMILES string of the molecule is OC[C@H]1O[C@@H](n2[13cH][15n]c3c(-n4cnnc4)[15n]cnc32)[C@H](O)[C@@H]1O. The summed E-state index contributed by atoms with van der Waals surface area (Å²) in [7, 11) is 0. The zero-order valence-corrected chi connectivity index (χ0v) is 11.7. The van der Waals surface area contributed by atoms with Crippen molar-refractivity contribution >= 4 is 11.2 Å². The van der Waals surface area contributed by atoms with Crippen LogP contribution in [0.5, 0.6) is 0 Å². The fourth-order valence-electron chi connectivity index (χ4n) is 2.63. The first-order valence-electron chi connectivity index (χ1n) is 6.85. The lowest BCUT2D eigenvalue weighted by atomic mass is 10.1. The summed E-state index contributed by atoms with van der Waals surface area (Å²) in [6, 6.07) is 0. The normalized spacial score (nSPS) is 27.8. The number of aliphatic hydroxyl groups excluding tert-OH is 3. The second kappa shape index (κ2) is 5.31. The Labute approximate surface area is 128 Å². The van der Waals surface area contributed by atoms with Crippen LogP contribution in [0.3, 0.4) is 0 Å². The predicted octanol–water partition coefficient (Wildman–Crippen LogP) is -1.98. The van der Waals surface area contributed by atoms with Crippen LogP contribution in [-0.2, 0) is 4.74 Å². The molecule has 3 aromatic rings. The zero-order valence-electron chi connectivity index (χ0n) is 11.7. The third-order valence-electron chi connectivity index (χ3n) is 3.79. The number of ether oxygens (including phenoxy) is 1. The second-order valence-electron chi connectivity index (χ2n) is 5.12. The van der Waals surface area contributed by atoms with Crippen molar-refractivity contribution in [2.24, 2.45) is 0 Å². The summed E-state index contributed by atoms with van der Waals surface area (Å²) in [4.78, 5) is 12.6. The molecule has 0 radical (unpaired) electrons. The Kier molecular flexibility index (Phi) is 3.27. The van der Waals surface area contributed by atoms with Crippen molar-refractivity contribution in [1.82, 2.24) is 34.3 Å². The van der Waals surface area contributed by atoms with Gasteiger partial charge in [-0.1, -0.05) is 0 Å². The van der Waals surface area contributed by atoms with E-state index < -0.39 is 31.1 Å². The van der Waals surface area contributed by atoms with Crippen LogP contribution in [0, 0.1) is 0 Å². The van der Waals surface area contributed by atoms with E-state index in [2.05, 4.69) is 25.1 Å². The first-order chi connectivity index (χ1) is 11.2. The molecular weight excluding hydrogens is 309 g/mol. The number of hydrogen-bond donors (Lipinski definition) is 3. The Morgan fingerprint density at radius 3 is 2.52 bits per heavy atom. The molecule has 0 aromatic carbocycles. The molecule has 11 heteroatoms. The van der Waals surface area contributed by atoms with Crippen molar-refractivity contribution in [1.29, 1.82) is 0 Å². The van der Waals surface area contributed by atoms with E-state index in [1.165, 1.54) is 29.9 Å². The fraction of sp³-hybridized carbons (Fsp3) is 0.417. The Hall–Kier alpha value is -2.47. The molecule has 0 saturated carbocycles. The Bertz CT molecular complexity index is 820. The Balaban J connectivity index is 1.80. The molecule has 0 bridgehead atoms. The average Bonchev–Trinajstić information content (AvgIpc) is 3.28. The molecule has 3 aromatic heterocycles. The summed E-state index contributed by atoms with van der Waals surface area (Å²) in [5.74, 6) is 0.477. The van der Waals surface area contributed by atoms with E-state index in [1.54, 1.807) is 4.57 Å².